The lowest BCUT2D eigenvalue weighted by atomic mass is 10.2. The molecule has 4 nitrogen and oxygen atoms in total. The Kier molecular flexibility index (Phi) is 2.72. The molecule has 0 aliphatic heterocycles. The number of carbonyl (C=O) groups excluding carboxylic acids is 1. The van der Waals surface area contributed by atoms with Gasteiger partial charge < -0.3 is 5.11 Å². The Morgan fingerprint density at radius 2 is 2.06 bits per heavy atom. The third-order valence-corrected chi connectivity index (χ3v) is 2.36. The second-order valence-corrected chi connectivity index (χ2v) is 3.65. The van der Waals surface area contributed by atoms with Gasteiger partial charge in [0.1, 0.15) is 0 Å². The summed E-state index contributed by atoms with van der Waals surface area (Å²) in [6.45, 7) is 2.01. The number of hydrogen-bond acceptors (Lipinski definition) is 2. The van der Waals surface area contributed by atoms with Gasteiger partial charge in [-0.25, -0.2) is 0 Å². The standard InChI is InChI=1S/C12H12N2O2/c1-9(15)11-7-12(16)13-14(11)8-10-5-3-2-4-6-10/h2-7H,8H2,1H3,(H,13,16)/p+1. The van der Waals surface area contributed by atoms with E-state index >= 15 is 0 Å². The number of nitrogens with one attached hydrogen (secondary N) is 1. The fourth-order valence-electron chi connectivity index (χ4n) is 1.62. The maximum absolute atomic E-state index is 11.3. The average Bonchev–Trinajstić information content (AvgIpc) is 2.61. The number of hydrogen-bond donors (Lipinski definition) is 2. The van der Waals surface area contributed by atoms with Gasteiger partial charge in [0.15, 0.2) is 6.54 Å². The number of aromatic hydroxyl groups is 1. The summed E-state index contributed by atoms with van der Waals surface area (Å²) in [5, 5.41) is 12.1. The Hall–Kier alpha value is -2.10. The lowest BCUT2D eigenvalue weighted by molar-refractivity contribution is -0.744. The van der Waals surface area contributed by atoms with Crippen molar-refractivity contribution >= 4 is 5.78 Å². The highest BCUT2D eigenvalue weighted by Gasteiger charge is 2.20. The van der Waals surface area contributed by atoms with Crippen molar-refractivity contribution in [3.05, 3.63) is 47.7 Å². The van der Waals surface area contributed by atoms with E-state index in [1.807, 2.05) is 30.3 Å². The minimum absolute atomic E-state index is 0.00105. The van der Waals surface area contributed by atoms with Crippen LogP contribution in [-0.4, -0.2) is 16.0 Å². The molecular formula is C12H13N2O2+. The maximum Gasteiger partial charge on any atom is 0.277 e. The number of Topliss-reactive ketones (excluding diaryl/α,β-unsaturated/α-hetero) is 1. The molecule has 0 bridgehead atoms. The fraction of sp³-hybridized carbons (Fsp3) is 0.167. The lowest BCUT2D eigenvalue weighted by Crippen LogP contribution is -2.41. The molecular weight excluding hydrogens is 204 g/mol. The van der Waals surface area contributed by atoms with Crippen molar-refractivity contribution in [1.29, 1.82) is 0 Å². The van der Waals surface area contributed by atoms with Crippen molar-refractivity contribution < 1.29 is 14.6 Å². The van der Waals surface area contributed by atoms with Gasteiger partial charge in [0.2, 0.25) is 11.7 Å². The van der Waals surface area contributed by atoms with Crippen LogP contribution in [0.3, 0.4) is 0 Å². The Morgan fingerprint density at radius 3 is 2.69 bits per heavy atom. The molecule has 0 atom stereocenters. The SMILES string of the molecule is CC(=O)c1cc(O)[nH][n+]1Cc1ccccc1. The molecule has 82 valence electrons. The van der Waals surface area contributed by atoms with Crippen LogP contribution in [0.4, 0.5) is 0 Å². The molecule has 0 spiro atoms. The third kappa shape index (κ3) is 2.11. The number of aromatic amines is 1. The van der Waals surface area contributed by atoms with Gasteiger partial charge in [-0.05, 0) is 0 Å². The number of carbonyl (C=O) groups is 1. The van der Waals surface area contributed by atoms with Gasteiger partial charge in [-0.2, -0.15) is 0 Å². The summed E-state index contributed by atoms with van der Waals surface area (Å²) in [7, 11) is 0. The molecule has 0 aliphatic rings. The molecule has 0 aliphatic carbocycles. The van der Waals surface area contributed by atoms with Crippen LogP contribution in [0.5, 0.6) is 5.88 Å². The van der Waals surface area contributed by atoms with Crippen LogP contribution in [0, 0.1) is 0 Å². The Bertz CT molecular complexity index is 503. The molecule has 1 aromatic carbocycles. The summed E-state index contributed by atoms with van der Waals surface area (Å²) in [6, 6.07) is 11.2. The number of aromatic nitrogens is 2. The van der Waals surface area contributed by atoms with Gasteiger partial charge in [0, 0.05) is 12.5 Å². The maximum atomic E-state index is 11.3. The average molecular weight is 217 g/mol. The Labute approximate surface area is 93.1 Å². The van der Waals surface area contributed by atoms with Crippen molar-refractivity contribution in [3.63, 3.8) is 0 Å². The summed E-state index contributed by atoms with van der Waals surface area (Å²) in [4.78, 5) is 11.3. The first-order valence-corrected chi connectivity index (χ1v) is 5.03. The quantitative estimate of drug-likeness (QED) is 0.600. The van der Waals surface area contributed by atoms with Crippen molar-refractivity contribution in [2.24, 2.45) is 0 Å². The van der Waals surface area contributed by atoms with E-state index in [1.165, 1.54) is 13.0 Å². The van der Waals surface area contributed by atoms with Crippen LogP contribution in [0.2, 0.25) is 0 Å². The predicted molar refractivity (Wildman–Crippen MR) is 58.2 cm³/mol. The minimum Gasteiger partial charge on any atom is -0.491 e. The summed E-state index contributed by atoms with van der Waals surface area (Å²) in [5.41, 5.74) is 1.54. The first-order chi connectivity index (χ1) is 7.66. The first-order valence-electron chi connectivity index (χ1n) is 5.03. The topological polar surface area (TPSA) is 57.0 Å². The normalized spacial score (nSPS) is 10.3. The van der Waals surface area contributed by atoms with Gasteiger partial charge in [0.25, 0.3) is 5.69 Å². The molecule has 4 heteroatoms. The van der Waals surface area contributed by atoms with E-state index in [2.05, 4.69) is 5.10 Å². The lowest BCUT2D eigenvalue weighted by Gasteiger charge is -1.95. The van der Waals surface area contributed by atoms with E-state index in [1.54, 1.807) is 4.68 Å². The van der Waals surface area contributed by atoms with E-state index in [9.17, 15) is 9.90 Å². The van der Waals surface area contributed by atoms with Crippen molar-refractivity contribution in [2.45, 2.75) is 13.5 Å². The fourth-order valence-corrected chi connectivity index (χ4v) is 1.62. The number of rotatable bonds is 3. The largest absolute Gasteiger partial charge is 0.491 e. The van der Waals surface area contributed by atoms with E-state index in [0.29, 0.717) is 12.2 Å². The van der Waals surface area contributed by atoms with Crippen molar-refractivity contribution in [2.75, 3.05) is 0 Å². The molecule has 2 aromatic rings. The van der Waals surface area contributed by atoms with Gasteiger partial charge in [-0.3, -0.25) is 4.79 Å². The zero-order chi connectivity index (χ0) is 11.5. The van der Waals surface area contributed by atoms with Crippen LogP contribution in [0.15, 0.2) is 36.4 Å². The number of nitrogens with zero attached hydrogens (tertiary/aromatic N) is 1. The number of H-pyrrole nitrogens is 1. The summed E-state index contributed by atoms with van der Waals surface area (Å²) < 4.78 is 1.63. The first kappa shape index (κ1) is 10.4. The van der Waals surface area contributed by atoms with Crippen LogP contribution in [-0.2, 0) is 6.54 Å². The smallest absolute Gasteiger partial charge is 0.277 e. The van der Waals surface area contributed by atoms with Gasteiger partial charge in [-0.15, -0.1) is 5.10 Å². The zero-order valence-electron chi connectivity index (χ0n) is 8.97. The highest BCUT2D eigenvalue weighted by molar-refractivity contribution is 5.90. The highest BCUT2D eigenvalue weighted by atomic mass is 16.3. The molecule has 0 saturated carbocycles. The molecule has 0 saturated heterocycles. The van der Waals surface area contributed by atoms with Gasteiger partial charge in [-0.1, -0.05) is 35.0 Å². The summed E-state index contributed by atoms with van der Waals surface area (Å²) >= 11 is 0. The third-order valence-electron chi connectivity index (χ3n) is 2.36. The van der Waals surface area contributed by atoms with Crippen molar-refractivity contribution in [1.82, 2.24) is 5.10 Å². The van der Waals surface area contributed by atoms with E-state index in [0.717, 1.165) is 5.56 Å². The molecule has 0 amide bonds. The minimum atomic E-state index is -0.0764. The molecule has 16 heavy (non-hydrogen) atoms. The predicted octanol–water partition coefficient (Wildman–Crippen LogP) is 1.26. The van der Waals surface area contributed by atoms with E-state index < -0.39 is 0 Å². The molecule has 2 N–H and O–H groups in total. The molecule has 0 fully saturated rings. The van der Waals surface area contributed by atoms with Crippen LogP contribution < -0.4 is 4.68 Å². The molecule has 1 heterocycles. The number of ketones is 1. The monoisotopic (exact) mass is 217 g/mol. The van der Waals surface area contributed by atoms with E-state index in [4.69, 9.17) is 0 Å². The molecule has 0 radical (unpaired) electrons. The van der Waals surface area contributed by atoms with Gasteiger partial charge in [0.05, 0.1) is 6.07 Å². The second kappa shape index (κ2) is 4.18. The van der Waals surface area contributed by atoms with Crippen LogP contribution in [0.1, 0.15) is 23.0 Å². The van der Waals surface area contributed by atoms with Gasteiger partial charge >= 0.3 is 0 Å². The number of benzene rings is 1. The summed E-state index contributed by atoms with van der Waals surface area (Å²) in [6.07, 6.45) is 0. The Balaban J connectivity index is 2.31. The van der Waals surface area contributed by atoms with Crippen LogP contribution in [0.25, 0.3) is 0 Å². The second-order valence-electron chi connectivity index (χ2n) is 3.65. The zero-order valence-corrected chi connectivity index (χ0v) is 8.97. The highest BCUT2D eigenvalue weighted by Crippen LogP contribution is 2.06. The van der Waals surface area contributed by atoms with Crippen LogP contribution >= 0.6 is 0 Å². The Morgan fingerprint density at radius 1 is 1.38 bits per heavy atom. The summed E-state index contributed by atoms with van der Waals surface area (Å²) in [5.74, 6) is -0.0754. The van der Waals surface area contributed by atoms with E-state index in [-0.39, 0.29) is 11.7 Å². The molecule has 2 rings (SSSR count). The molecule has 0 unspecified atom stereocenters. The molecule has 1 aromatic heterocycles. The van der Waals surface area contributed by atoms with Crippen molar-refractivity contribution in [3.8, 4) is 5.88 Å².